The van der Waals surface area contributed by atoms with Gasteiger partial charge in [0.05, 0.1) is 5.69 Å². The van der Waals surface area contributed by atoms with Gasteiger partial charge < -0.3 is 10.6 Å². The van der Waals surface area contributed by atoms with Gasteiger partial charge in [-0.3, -0.25) is 0 Å². The van der Waals surface area contributed by atoms with E-state index in [1.165, 1.54) is 38.2 Å². The van der Waals surface area contributed by atoms with Crippen LogP contribution in [0.5, 0.6) is 0 Å². The van der Waals surface area contributed by atoms with Crippen LogP contribution in [0.15, 0.2) is 18.2 Å². The van der Waals surface area contributed by atoms with Crippen LogP contribution in [0.4, 0.5) is 10.1 Å². The molecule has 0 radical (unpaired) electrons. The van der Waals surface area contributed by atoms with E-state index in [-0.39, 0.29) is 10.8 Å². The zero-order valence-electron chi connectivity index (χ0n) is 11.4. The summed E-state index contributed by atoms with van der Waals surface area (Å²) in [5.41, 5.74) is 6.73. The molecule has 19 heavy (non-hydrogen) atoms. The van der Waals surface area contributed by atoms with Crippen molar-refractivity contribution in [2.24, 2.45) is 11.7 Å². The molecule has 2 N–H and O–H groups in total. The summed E-state index contributed by atoms with van der Waals surface area (Å²) >= 11 is 4.86. The van der Waals surface area contributed by atoms with Gasteiger partial charge in [-0.25, -0.2) is 4.39 Å². The second kappa shape index (κ2) is 6.33. The third kappa shape index (κ3) is 3.66. The molecule has 0 amide bonds. The molecule has 0 unspecified atom stereocenters. The Kier molecular flexibility index (Phi) is 4.75. The van der Waals surface area contributed by atoms with E-state index in [2.05, 4.69) is 0 Å². The fourth-order valence-electron chi connectivity index (χ4n) is 2.83. The van der Waals surface area contributed by atoms with E-state index in [1.807, 2.05) is 11.9 Å². The second-order valence-electron chi connectivity index (χ2n) is 5.41. The lowest BCUT2D eigenvalue weighted by Crippen LogP contribution is -2.27. The maximum atomic E-state index is 14.1. The molecule has 2 nitrogen and oxygen atoms in total. The van der Waals surface area contributed by atoms with E-state index in [0.29, 0.717) is 17.2 Å². The Morgan fingerprint density at radius 1 is 1.37 bits per heavy atom. The molecule has 0 bridgehead atoms. The number of hydrogen-bond acceptors (Lipinski definition) is 2. The number of benzene rings is 1. The lowest BCUT2D eigenvalue weighted by molar-refractivity contribution is 0.361. The van der Waals surface area contributed by atoms with Crippen LogP contribution < -0.4 is 10.6 Å². The quantitative estimate of drug-likeness (QED) is 0.856. The second-order valence-corrected chi connectivity index (χ2v) is 5.85. The van der Waals surface area contributed by atoms with Crippen LogP contribution in [0.25, 0.3) is 0 Å². The first-order chi connectivity index (χ1) is 9.08. The number of thiocarbonyl (C=S) groups is 1. The molecule has 1 aliphatic rings. The fraction of sp³-hybridized carbons (Fsp3) is 0.533. The molecule has 0 aromatic heterocycles. The van der Waals surface area contributed by atoms with Crippen molar-refractivity contribution in [3.8, 4) is 0 Å². The van der Waals surface area contributed by atoms with Crippen molar-refractivity contribution in [3.63, 3.8) is 0 Å². The topological polar surface area (TPSA) is 29.3 Å². The van der Waals surface area contributed by atoms with Gasteiger partial charge in [-0.2, -0.15) is 0 Å². The monoisotopic (exact) mass is 280 g/mol. The summed E-state index contributed by atoms with van der Waals surface area (Å²) in [6, 6.07) is 4.99. The summed E-state index contributed by atoms with van der Waals surface area (Å²) in [5.74, 6) is 0.442. The number of anilines is 1. The van der Waals surface area contributed by atoms with Crippen molar-refractivity contribution in [1.29, 1.82) is 0 Å². The summed E-state index contributed by atoms with van der Waals surface area (Å²) in [6.07, 6.45) is 6.48. The standard InChI is InChI=1S/C15H21FN2S/c1-18(10-11-5-3-2-4-6-11)14-8-7-12(15(17)19)9-13(14)16/h7-9,11H,2-6,10H2,1H3,(H2,17,19). The number of halogens is 1. The molecule has 104 valence electrons. The minimum atomic E-state index is -0.247. The van der Waals surface area contributed by atoms with Gasteiger partial charge in [0.1, 0.15) is 10.8 Å². The zero-order chi connectivity index (χ0) is 13.8. The van der Waals surface area contributed by atoms with Gasteiger partial charge in [-0.05, 0) is 37.0 Å². The molecular weight excluding hydrogens is 259 g/mol. The highest BCUT2D eigenvalue weighted by molar-refractivity contribution is 7.80. The van der Waals surface area contributed by atoms with E-state index in [1.54, 1.807) is 12.1 Å². The van der Waals surface area contributed by atoms with Gasteiger partial charge in [0.25, 0.3) is 0 Å². The predicted octanol–water partition coefficient (Wildman–Crippen LogP) is 3.48. The van der Waals surface area contributed by atoms with Gasteiger partial charge in [0.2, 0.25) is 0 Å². The van der Waals surface area contributed by atoms with Gasteiger partial charge >= 0.3 is 0 Å². The van der Waals surface area contributed by atoms with Gasteiger partial charge in [-0.1, -0.05) is 31.5 Å². The third-order valence-electron chi connectivity index (χ3n) is 3.90. The first-order valence-corrected chi connectivity index (χ1v) is 7.29. The first-order valence-electron chi connectivity index (χ1n) is 6.88. The highest BCUT2D eigenvalue weighted by Gasteiger charge is 2.17. The van der Waals surface area contributed by atoms with Crippen molar-refractivity contribution < 1.29 is 4.39 Å². The van der Waals surface area contributed by atoms with Gasteiger partial charge in [0.15, 0.2) is 0 Å². The molecule has 0 spiro atoms. The van der Waals surface area contributed by atoms with E-state index >= 15 is 0 Å². The number of rotatable bonds is 4. The fourth-order valence-corrected chi connectivity index (χ4v) is 2.95. The molecule has 2 rings (SSSR count). The van der Waals surface area contributed by atoms with Crippen molar-refractivity contribution in [2.45, 2.75) is 32.1 Å². The molecule has 0 atom stereocenters. The van der Waals surface area contributed by atoms with E-state index in [4.69, 9.17) is 18.0 Å². The molecule has 1 saturated carbocycles. The number of hydrogen-bond donors (Lipinski definition) is 1. The molecular formula is C15H21FN2S. The van der Waals surface area contributed by atoms with Crippen molar-refractivity contribution in [3.05, 3.63) is 29.6 Å². The predicted molar refractivity (Wildman–Crippen MR) is 82.1 cm³/mol. The maximum absolute atomic E-state index is 14.1. The van der Waals surface area contributed by atoms with E-state index in [0.717, 1.165) is 6.54 Å². The molecule has 4 heteroatoms. The average Bonchev–Trinajstić information content (AvgIpc) is 2.39. The molecule has 1 aromatic rings. The number of nitrogens with two attached hydrogens (primary N) is 1. The Balaban J connectivity index is 2.05. The van der Waals surface area contributed by atoms with Crippen LogP contribution in [0.3, 0.4) is 0 Å². The highest BCUT2D eigenvalue weighted by Crippen LogP contribution is 2.27. The Bertz CT molecular complexity index is 455. The summed E-state index contributed by atoms with van der Waals surface area (Å²) in [7, 11) is 1.95. The van der Waals surface area contributed by atoms with Gasteiger partial charge in [0, 0.05) is 19.2 Å². The number of nitrogens with zero attached hydrogens (tertiary/aromatic N) is 1. The van der Waals surface area contributed by atoms with Crippen LogP contribution >= 0.6 is 12.2 Å². The molecule has 1 fully saturated rings. The Labute approximate surface area is 119 Å². The smallest absolute Gasteiger partial charge is 0.147 e. The minimum absolute atomic E-state index is 0.236. The zero-order valence-corrected chi connectivity index (χ0v) is 12.2. The first kappa shape index (κ1) is 14.3. The molecule has 0 saturated heterocycles. The van der Waals surface area contributed by atoms with Crippen LogP contribution in [-0.2, 0) is 0 Å². The third-order valence-corrected chi connectivity index (χ3v) is 4.14. The summed E-state index contributed by atoms with van der Waals surface area (Å²) in [6.45, 7) is 0.920. The van der Waals surface area contributed by atoms with Crippen LogP contribution in [0.1, 0.15) is 37.7 Å². The lowest BCUT2D eigenvalue weighted by atomic mass is 9.89. The minimum Gasteiger partial charge on any atom is -0.389 e. The van der Waals surface area contributed by atoms with Crippen LogP contribution in [-0.4, -0.2) is 18.6 Å². The average molecular weight is 280 g/mol. The SMILES string of the molecule is CN(CC1CCCCC1)c1ccc(C(N)=S)cc1F. The maximum Gasteiger partial charge on any atom is 0.147 e. The van der Waals surface area contributed by atoms with Crippen LogP contribution in [0.2, 0.25) is 0 Å². The normalized spacial score (nSPS) is 16.3. The molecule has 1 aliphatic carbocycles. The Hall–Kier alpha value is -1.16. The Morgan fingerprint density at radius 3 is 2.63 bits per heavy atom. The summed E-state index contributed by atoms with van der Waals surface area (Å²) in [5, 5.41) is 0. The molecule has 1 aromatic carbocycles. The van der Waals surface area contributed by atoms with E-state index < -0.39 is 0 Å². The Morgan fingerprint density at radius 2 is 2.05 bits per heavy atom. The van der Waals surface area contributed by atoms with E-state index in [9.17, 15) is 4.39 Å². The van der Waals surface area contributed by atoms with Crippen molar-refractivity contribution in [1.82, 2.24) is 0 Å². The van der Waals surface area contributed by atoms with Crippen molar-refractivity contribution in [2.75, 3.05) is 18.5 Å². The largest absolute Gasteiger partial charge is 0.389 e. The highest BCUT2D eigenvalue weighted by atomic mass is 32.1. The molecule has 0 aliphatic heterocycles. The lowest BCUT2D eigenvalue weighted by Gasteiger charge is -2.28. The summed E-state index contributed by atoms with van der Waals surface area (Å²) < 4.78 is 14.1. The van der Waals surface area contributed by atoms with Gasteiger partial charge in [-0.15, -0.1) is 0 Å². The van der Waals surface area contributed by atoms with Crippen LogP contribution in [0, 0.1) is 11.7 Å². The summed E-state index contributed by atoms with van der Waals surface area (Å²) in [4.78, 5) is 2.25. The molecule has 0 heterocycles. The van der Waals surface area contributed by atoms with Crippen molar-refractivity contribution >= 4 is 22.9 Å².